The molecule has 11 heavy (non-hydrogen) atoms. The standard InChI is InChI=1S/C10H14O/c1-2-7-9-6(1)5-10(7)4-3-8(10)11-9/h6-9H,1-5H2. The van der Waals surface area contributed by atoms with Crippen molar-refractivity contribution in [3.05, 3.63) is 0 Å². The topological polar surface area (TPSA) is 9.23 Å². The van der Waals surface area contributed by atoms with Crippen LogP contribution in [-0.2, 0) is 4.74 Å². The van der Waals surface area contributed by atoms with Gasteiger partial charge in [0.05, 0.1) is 12.2 Å². The maximum Gasteiger partial charge on any atom is 0.0641 e. The van der Waals surface area contributed by atoms with E-state index in [4.69, 9.17) is 4.74 Å². The van der Waals surface area contributed by atoms with E-state index in [0.717, 1.165) is 23.4 Å². The van der Waals surface area contributed by atoms with Crippen molar-refractivity contribution in [3.63, 3.8) is 0 Å². The van der Waals surface area contributed by atoms with Crippen LogP contribution in [0.25, 0.3) is 0 Å². The molecule has 1 aliphatic heterocycles. The molecule has 1 heteroatoms. The largest absolute Gasteiger partial charge is 0.374 e. The van der Waals surface area contributed by atoms with Crippen molar-refractivity contribution >= 4 is 0 Å². The molecule has 1 nitrogen and oxygen atoms in total. The second-order valence-corrected chi connectivity index (χ2v) is 5.01. The average Bonchev–Trinajstić information content (AvgIpc) is 2.57. The molecule has 1 spiro atoms. The van der Waals surface area contributed by atoms with Crippen LogP contribution in [0.2, 0.25) is 0 Å². The predicted molar refractivity (Wildman–Crippen MR) is 41.2 cm³/mol. The summed E-state index contributed by atoms with van der Waals surface area (Å²) >= 11 is 0. The molecule has 0 N–H and O–H groups in total. The van der Waals surface area contributed by atoms with E-state index in [0.29, 0.717) is 6.10 Å². The first-order chi connectivity index (χ1) is 5.40. The van der Waals surface area contributed by atoms with Gasteiger partial charge in [-0.25, -0.2) is 0 Å². The molecular weight excluding hydrogens is 136 g/mol. The van der Waals surface area contributed by atoms with Crippen molar-refractivity contribution in [2.24, 2.45) is 17.3 Å². The Morgan fingerprint density at radius 1 is 1.18 bits per heavy atom. The van der Waals surface area contributed by atoms with Gasteiger partial charge in [-0.1, -0.05) is 0 Å². The van der Waals surface area contributed by atoms with Gasteiger partial charge in [0.1, 0.15) is 0 Å². The number of hydrogen-bond acceptors (Lipinski definition) is 1. The maximum absolute atomic E-state index is 6.04. The van der Waals surface area contributed by atoms with Gasteiger partial charge in [-0.2, -0.15) is 0 Å². The Morgan fingerprint density at radius 2 is 2.18 bits per heavy atom. The lowest BCUT2D eigenvalue weighted by molar-refractivity contribution is -0.117. The van der Waals surface area contributed by atoms with E-state index in [2.05, 4.69) is 0 Å². The molecule has 0 aromatic rings. The van der Waals surface area contributed by atoms with Gasteiger partial charge in [0.25, 0.3) is 0 Å². The molecule has 0 aromatic heterocycles. The highest BCUT2D eigenvalue weighted by molar-refractivity contribution is 5.18. The minimum Gasteiger partial charge on any atom is -0.374 e. The Labute approximate surface area is 67.1 Å². The monoisotopic (exact) mass is 150 g/mol. The zero-order valence-corrected chi connectivity index (χ0v) is 6.75. The Bertz CT molecular complexity index is 225. The molecule has 4 rings (SSSR count). The molecule has 0 amide bonds. The minimum absolute atomic E-state index is 0.717. The van der Waals surface area contributed by atoms with E-state index in [9.17, 15) is 0 Å². The summed E-state index contributed by atoms with van der Waals surface area (Å²) in [5.74, 6) is 1.99. The summed E-state index contributed by atoms with van der Waals surface area (Å²) in [7, 11) is 0. The summed E-state index contributed by atoms with van der Waals surface area (Å²) in [5, 5.41) is 0. The SMILES string of the molecule is C1CC2C3OC4CCC42CC13. The van der Waals surface area contributed by atoms with Gasteiger partial charge < -0.3 is 4.74 Å². The first kappa shape index (κ1) is 5.58. The first-order valence-electron chi connectivity index (χ1n) is 5.06. The zero-order chi connectivity index (χ0) is 7.05. The average molecular weight is 150 g/mol. The van der Waals surface area contributed by atoms with Gasteiger partial charge in [-0.15, -0.1) is 0 Å². The van der Waals surface area contributed by atoms with Crippen LogP contribution in [0.4, 0.5) is 0 Å². The molecular formula is C10H14O. The molecule has 4 bridgehead atoms. The lowest BCUT2D eigenvalue weighted by Crippen LogP contribution is -2.47. The fourth-order valence-corrected chi connectivity index (χ4v) is 4.41. The van der Waals surface area contributed by atoms with Crippen LogP contribution in [0, 0.1) is 17.3 Å². The Morgan fingerprint density at radius 3 is 2.82 bits per heavy atom. The number of hydrogen-bond donors (Lipinski definition) is 0. The van der Waals surface area contributed by atoms with Crippen LogP contribution in [0.15, 0.2) is 0 Å². The summed E-state index contributed by atoms with van der Waals surface area (Å²) < 4.78 is 6.04. The van der Waals surface area contributed by atoms with Crippen molar-refractivity contribution in [2.75, 3.05) is 0 Å². The molecule has 1 saturated heterocycles. The lowest BCUT2D eigenvalue weighted by Gasteiger charge is -2.49. The summed E-state index contributed by atoms with van der Waals surface area (Å²) in [6.07, 6.45) is 8.81. The van der Waals surface area contributed by atoms with E-state index < -0.39 is 0 Å². The van der Waals surface area contributed by atoms with Crippen LogP contribution in [-0.4, -0.2) is 12.2 Å². The molecule has 3 saturated carbocycles. The zero-order valence-electron chi connectivity index (χ0n) is 6.75. The second-order valence-electron chi connectivity index (χ2n) is 5.01. The van der Waals surface area contributed by atoms with E-state index >= 15 is 0 Å². The summed E-state index contributed by atoms with van der Waals surface area (Å²) in [4.78, 5) is 0. The van der Waals surface area contributed by atoms with E-state index in [1.54, 1.807) is 0 Å². The Hall–Kier alpha value is -0.0400. The molecule has 0 radical (unpaired) electrons. The molecule has 3 aliphatic carbocycles. The third kappa shape index (κ3) is 0.395. The highest BCUT2D eigenvalue weighted by Crippen LogP contribution is 2.71. The van der Waals surface area contributed by atoms with E-state index in [-0.39, 0.29) is 0 Å². The Kier molecular flexibility index (Phi) is 0.706. The van der Waals surface area contributed by atoms with Gasteiger partial charge in [0.2, 0.25) is 0 Å². The smallest absolute Gasteiger partial charge is 0.0641 e. The highest BCUT2D eigenvalue weighted by atomic mass is 16.5. The van der Waals surface area contributed by atoms with Crippen molar-refractivity contribution in [2.45, 2.75) is 44.3 Å². The fourth-order valence-electron chi connectivity index (χ4n) is 4.41. The third-order valence-corrected chi connectivity index (χ3v) is 4.92. The molecule has 5 unspecified atom stereocenters. The second kappa shape index (κ2) is 1.39. The molecule has 1 heterocycles. The van der Waals surface area contributed by atoms with Gasteiger partial charge in [-0.3, -0.25) is 0 Å². The van der Waals surface area contributed by atoms with Gasteiger partial charge in [0.15, 0.2) is 0 Å². The minimum atomic E-state index is 0.717. The summed E-state index contributed by atoms with van der Waals surface area (Å²) in [5.41, 5.74) is 0.744. The molecule has 4 aliphatic rings. The molecule has 60 valence electrons. The van der Waals surface area contributed by atoms with Crippen LogP contribution >= 0.6 is 0 Å². The molecule has 5 atom stereocenters. The normalized spacial score (nSPS) is 69.8. The molecule has 0 aromatic carbocycles. The van der Waals surface area contributed by atoms with Crippen molar-refractivity contribution in [1.29, 1.82) is 0 Å². The van der Waals surface area contributed by atoms with Gasteiger partial charge >= 0.3 is 0 Å². The van der Waals surface area contributed by atoms with Crippen LogP contribution in [0.1, 0.15) is 32.1 Å². The van der Waals surface area contributed by atoms with E-state index in [1.807, 2.05) is 0 Å². The maximum atomic E-state index is 6.04. The van der Waals surface area contributed by atoms with Crippen LogP contribution in [0.5, 0.6) is 0 Å². The lowest BCUT2D eigenvalue weighted by atomic mass is 9.58. The number of ether oxygens (including phenoxy) is 1. The quantitative estimate of drug-likeness (QED) is 0.513. The predicted octanol–water partition coefficient (Wildman–Crippen LogP) is 1.96. The first-order valence-corrected chi connectivity index (χ1v) is 5.06. The van der Waals surface area contributed by atoms with Crippen LogP contribution in [0.3, 0.4) is 0 Å². The van der Waals surface area contributed by atoms with Crippen molar-refractivity contribution in [1.82, 2.24) is 0 Å². The van der Waals surface area contributed by atoms with Gasteiger partial charge in [0, 0.05) is 5.41 Å². The van der Waals surface area contributed by atoms with Gasteiger partial charge in [-0.05, 0) is 43.9 Å². The summed E-state index contributed by atoms with van der Waals surface area (Å²) in [6.45, 7) is 0. The fraction of sp³-hybridized carbons (Fsp3) is 1.00. The third-order valence-electron chi connectivity index (χ3n) is 4.92. The van der Waals surface area contributed by atoms with E-state index in [1.165, 1.54) is 32.1 Å². The highest BCUT2D eigenvalue weighted by Gasteiger charge is 2.70. The Balaban J connectivity index is 1.87. The number of rotatable bonds is 0. The summed E-state index contributed by atoms with van der Waals surface area (Å²) in [6, 6.07) is 0. The molecule has 4 fully saturated rings. The van der Waals surface area contributed by atoms with Crippen molar-refractivity contribution < 1.29 is 4.74 Å². The van der Waals surface area contributed by atoms with Crippen molar-refractivity contribution in [3.8, 4) is 0 Å². The van der Waals surface area contributed by atoms with Crippen LogP contribution < -0.4 is 0 Å².